The van der Waals surface area contributed by atoms with E-state index in [0.717, 1.165) is 19.3 Å². The van der Waals surface area contributed by atoms with Crippen molar-refractivity contribution in [2.24, 2.45) is 0 Å². The zero-order valence-electron chi connectivity index (χ0n) is 16.6. The molecule has 2 atom stereocenters. The van der Waals surface area contributed by atoms with Crippen molar-refractivity contribution < 1.29 is 19.0 Å². The first-order valence-electron chi connectivity index (χ1n) is 9.79. The second-order valence-electron chi connectivity index (χ2n) is 8.39. The maximum Gasteiger partial charge on any atom is 0.255 e. The van der Waals surface area contributed by atoms with Gasteiger partial charge in [0.1, 0.15) is 11.2 Å². The fourth-order valence-corrected chi connectivity index (χ4v) is 4.27. The van der Waals surface area contributed by atoms with Crippen molar-refractivity contribution in [3.8, 4) is 0 Å². The number of hydrogen-bond donors (Lipinski definition) is 0. The van der Waals surface area contributed by atoms with Gasteiger partial charge in [-0.3, -0.25) is 4.79 Å². The molecule has 4 heterocycles. The Bertz CT molecular complexity index is 755. The Morgan fingerprint density at radius 1 is 1.39 bits per heavy atom. The van der Waals surface area contributed by atoms with Crippen LogP contribution < -0.4 is 9.80 Å². The number of morpholine rings is 1. The molecule has 3 aliphatic rings. The molecule has 1 aromatic heterocycles. The summed E-state index contributed by atoms with van der Waals surface area (Å²) < 4.78 is 17.6. The van der Waals surface area contributed by atoms with E-state index >= 15 is 0 Å². The molecular formula is C19H27ClN4O4. The first-order valence-corrected chi connectivity index (χ1v) is 10.2. The molecule has 4 rings (SSSR count). The average Bonchev–Trinajstić information content (AvgIpc) is 2.66. The van der Waals surface area contributed by atoms with E-state index in [1.54, 1.807) is 11.1 Å². The van der Waals surface area contributed by atoms with E-state index in [0.29, 0.717) is 44.4 Å². The Labute approximate surface area is 170 Å². The summed E-state index contributed by atoms with van der Waals surface area (Å²) in [4.78, 5) is 25.8. The van der Waals surface area contributed by atoms with Gasteiger partial charge < -0.3 is 24.0 Å². The predicted octanol–water partition coefficient (Wildman–Crippen LogP) is 2.39. The Balaban J connectivity index is 1.64. The fraction of sp³-hybridized carbons (Fsp3) is 0.737. The highest BCUT2D eigenvalue weighted by Crippen LogP contribution is 2.41. The number of amides is 1. The summed E-state index contributed by atoms with van der Waals surface area (Å²) >= 11 is 6.07. The number of nitrogens with zero attached hydrogens (tertiary/aromatic N) is 4. The minimum Gasteiger partial charge on any atom is -0.377 e. The number of halogens is 1. The SMILES string of the molecule is CC(C)(CN1C(=O)C2(C)COCCN2c2nc(Cl)ncc21)OC1CCCCO1. The third-order valence-electron chi connectivity index (χ3n) is 5.54. The lowest BCUT2D eigenvalue weighted by Gasteiger charge is -2.51. The van der Waals surface area contributed by atoms with Crippen LogP contribution in [-0.2, 0) is 19.0 Å². The number of fused-ring (bicyclic) bond motifs is 3. The van der Waals surface area contributed by atoms with Gasteiger partial charge in [-0.15, -0.1) is 0 Å². The molecule has 0 radical (unpaired) electrons. The van der Waals surface area contributed by atoms with Crippen molar-refractivity contribution in [3.05, 3.63) is 11.5 Å². The first kappa shape index (κ1) is 19.8. The summed E-state index contributed by atoms with van der Waals surface area (Å²) in [6.45, 7) is 8.32. The highest BCUT2D eigenvalue weighted by molar-refractivity contribution is 6.28. The van der Waals surface area contributed by atoms with E-state index in [-0.39, 0.29) is 17.5 Å². The molecule has 1 aromatic rings. The van der Waals surface area contributed by atoms with Gasteiger partial charge >= 0.3 is 0 Å². The fourth-order valence-electron chi connectivity index (χ4n) is 4.14. The van der Waals surface area contributed by atoms with E-state index in [1.165, 1.54) is 0 Å². The molecule has 1 amide bonds. The van der Waals surface area contributed by atoms with E-state index in [9.17, 15) is 4.79 Å². The van der Waals surface area contributed by atoms with Gasteiger partial charge in [-0.25, -0.2) is 4.98 Å². The smallest absolute Gasteiger partial charge is 0.255 e. The zero-order chi connectivity index (χ0) is 19.9. The van der Waals surface area contributed by atoms with Crippen LogP contribution in [0.4, 0.5) is 11.5 Å². The van der Waals surface area contributed by atoms with Crippen LogP contribution in [0.2, 0.25) is 5.28 Å². The molecule has 0 aromatic carbocycles. The van der Waals surface area contributed by atoms with Gasteiger partial charge in [-0.1, -0.05) is 0 Å². The molecule has 0 bridgehead atoms. The molecule has 0 saturated carbocycles. The predicted molar refractivity (Wildman–Crippen MR) is 105 cm³/mol. The van der Waals surface area contributed by atoms with Crippen LogP contribution in [0.3, 0.4) is 0 Å². The summed E-state index contributed by atoms with van der Waals surface area (Å²) in [6.07, 6.45) is 4.39. The van der Waals surface area contributed by atoms with Gasteiger partial charge in [-0.05, 0) is 51.6 Å². The largest absolute Gasteiger partial charge is 0.377 e. The number of carbonyl (C=O) groups excluding carboxylic acids is 1. The average molecular weight is 411 g/mol. The lowest BCUT2D eigenvalue weighted by Crippen LogP contribution is -2.68. The van der Waals surface area contributed by atoms with Crippen molar-refractivity contribution in [3.63, 3.8) is 0 Å². The maximum absolute atomic E-state index is 13.5. The minimum absolute atomic E-state index is 0.0492. The quantitative estimate of drug-likeness (QED) is 0.705. The van der Waals surface area contributed by atoms with Crippen LogP contribution in [0.15, 0.2) is 6.20 Å². The molecule has 0 aliphatic carbocycles. The molecule has 154 valence electrons. The molecule has 2 fully saturated rings. The third-order valence-corrected chi connectivity index (χ3v) is 5.72. The van der Waals surface area contributed by atoms with Gasteiger partial charge in [0.2, 0.25) is 5.28 Å². The highest BCUT2D eigenvalue weighted by atomic mass is 35.5. The van der Waals surface area contributed by atoms with Crippen LogP contribution in [-0.4, -0.2) is 66.2 Å². The number of ether oxygens (including phenoxy) is 3. The van der Waals surface area contributed by atoms with Gasteiger partial charge in [0.05, 0.1) is 31.6 Å². The molecule has 8 nitrogen and oxygen atoms in total. The normalized spacial score (nSPS) is 28.1. The number of hydrogen-bond acceptors (Lipinski definition) is 7. The number of rotatable bonds is 4. The second kappa shape index (κ2) is 7.40. The Hall–Kier alpha value is -1.48. The van der Waals surface area contributed by atoms with Crippen LogP contribution in [0.5, 0.6) is 0 Å². The summed E-state index contributed by atoms with van der Waals surface area (Å²) in [5.74, 6) is 0.613. The van der Waals surface area contributed by atoms with Crippen LogP contribution in [0, 0.1) is 0 Å². The van der Waals surface area contributed by atoms with E-state index in [2.05, 4.69) is 9.97 Å². The molecule has 28 heavy (non-hydrogen) atoms. The molecule has 9 heteroatoms. The van der Waals surface area contributed by atoms with E-state index < -0.39 is 11.1 Å². The summed E-state index contributed by atoms with van der Waals surface area (Å²) in [6, 6.07) is 0. The van der Waals surface area contributed by atoms with Crippen molar-refractivity contribution in [1.29, 1.82) is 0 Å². The third kappa shape index (κ3) is 3.58. The van der Waals surface area contributed by atoms with Crippen molar-refractivity contribution >= 4 is 29.0 Å². The number of aromatic nitrogens is 2. The maximum atomic E-state index is 13.5. The Morgan fingerprint density at radius 2 is 2.21 bits per heavy atom. The minimum atomic E-state index is -0.833. The first-order chi connectivity index (χ1) is 13.3. The molecule has 3 aliphatic heterocycles. The lowest BCUT2D eigenvalue weighted by molar-refractivity contribution is -0.212. The molecule has 0 N–H and O–H groups in total. The van der Waals surface area contributed by atoms with Crippen molar-refractivity contribution in [2.45, 2.75) is 57.5 Å². The summed E-state index contributed by atoms with van der Waals surface area (Å²) in [5, 5.41) is 0.160. The monoisotopic (exact) mass is 410 g/mol. The number of anilines is 2. The van der Waals surface area contributed by atoms with Gasteiger partial charge in [-0.2, -0.15) is 4.98 Å². The summed E-state index contributed by atoms with van der Waals surface area (Å²) in [5.41, 5.74) is -0.793. The van der Waals surface area contributed by atoms with Crippen molar-refractivity contribution in [2.75, 3.05) is 42.7 Å². The van der Waals surface area contributed by atoms with Gasteiger partial charge in [0.15, 0.2) is 12.1 Å². The molecular weight excluding hydrogens is 384 g/mol. The van der Waals surface area contributed by atoms with E-state index in [4.69, 9.17) is 25.8 Å². The summed E-state index contributed by atoms with van der Waals surface area (Å²) in [7, 11) is 0. The van der Waals surface area contributed by atoms with E-state index in [1.807, 2.05) is 25.7 Å². The lowest BCUT2D eigenvalue weighted by atomic mass is 9.93. The molecule has 2 unspecified atom stereocenters. The second-order valence-corrected chi connectivity index (χ2v) is 8.73. The molecule has 0 spiro atoms. The topological polar surface area (TPSA) is 77.0 Å². The van der Waals surface area contributed by atoms with Gasteiger partial charge in [0, 0.05) is 13.2 Å². The number of carbonyl (C=O) groups is 1. The van der Waals surface area contributed by atoms with Crippen LogP contribution in [0.1, 0.15) is 40.0 Å². The standard InChI is InChI=1S/C19H27ClN4O4/c1-18(2,28-14-6-4-5-8-27-14)11-23-13-10-21-17(20)22-15(13)24-7-9-26-12-19(24,3)16(23)25/h10,14H,4-9,11-12H2,1-3H3. The molecule has 2 saturated heterocycles. The van der Waals surface area contributed by atoms with Crippen molar-refractivity contribution in [1.82, 2.24) is 9.97 Å². The highest BCUT2D eigenvalue weighted by Gasteiger charge is 2.51. The Kier molecular flexibility index (Phi) is 5.24. The Morgan fingerprint density at radius 3 is 2.96 bits per heavy atom. The van der Waals surface area contributed by atoms with Crippen LogP contribution in [0.25, 0.3) is 0 Å². The van der Waals surface area contributed by atoms with Crippen LogP contribution >= 0.6 is 11.6 Å². The van der Waals surface area contributed by atoms with Gasteiger partial charge in [0.25, 0.3) is 5.91 Å². The zero-order valence-corrected chi connectivity index (χ0v) is 17.4.